The minimum Gasteiger partial charge on any atom is -0.481 e. The van der Waals surface area contributed by atoms with Gasteiger partial charge in [0.05, 0.1) is 17.5 Å². The highest BCUT2D eigenvalue weighted by Gasteiger charge is 2.29. The second-order valence-corrected chi connectivity index (χ2v) is 7.49. The first kappa shape index (κ1) is 23.2. The van der Waals surface area contributed by atoms with Crippen LogP contribution in [0.25, 0.3) is 21.8 Å². The molecule has 1 amide bonds. The molecule has 0 spiro atoms. The van der Waals surface area contributed by atoms with Gasteiger partial charge in [0.25, 0.3) is 5.91 Å². The van der Waals surface area contributed by atoms with Gasteiger partial charge in [-0.05, 0) is 24.6 Å². The first-order valence-electron chi connectivity index (χ1n) is 9.77. The van der Waals surface area contributed by atoms with E-state index in [4.69, 9.17) is 21.4 Å². The summed E-state index contributed by atoms with van der Waals surface area (Å²) in [6, 6.07) is 10.6. The number of carbonyl (C=O) groups is 4. The molecule has 8 nitrogen and oxygen atoms in total. The Morgan fingerprint density at radius 1 is 1.12 bits per heavy atom. The van der Waals surface area contributed by atoms with Gasteiger partial charge in [0.2, 0.25) is 0 Å². The number of rotatable bonds is 8. The molecule has 0 bridgehead atoms. The lowest BCUT2D eigenvalue weighted by molar-refractivity contribution is -0.141. The lowest BCUT2D eigenvalue weighted by Crippen LogP contribution is -2.48. The zero-order valence-corrected chi connectivity index (χ0v) is 17.8. The third-order valence-electron chi connectivity index (χ3n) is 4.94. The van der Waals surface area contributed by atoms with Crippen molar-refractivity contribution in [2.45, 2.75) is 31.9 Å². The SMILES string of the molecule is CC[C@H](OC(=O)n1c2ccccc2c2ccc(Cl)cc21)C(=O)NC(CC(=O)O)C(=O)CF. The Balaban J connectivity index is 1.90. The van der Waals surface area contributed by atoms with Crippen molar-refractivity contribution in [1.82, 2.24) is 9.88 Å². The molecule has 0 radical (unpaired) electrons. The number of aliphatic carboxylic acids is 1. The number of ether oxygens (including phenoxy) is 1. The maximum absolute atomic E-state index is 13.1. The van der Waals surface area contributed by atoms with Gasteiger partial charge in [-0.3, -0.25) is 14.4 Å². The maximum atomic E-state index is 13.1. The first-order chi connectivity index (χ1) is 15.3. The Morgan fingerprint density at radius 2 is 1.81 bits per heavy atom. The number of aromatic nitrogens is 1. The van der Waals surface area contributed by atoms with Crippen LogP contribution in [-0.4, -0.2) is 52.2 Å². The number of fused-ring (bicyclic) bond motifs is 3. The lowest BCUT2D eigenvalue weighted by atomic mass is 10.1. The van der Waals surface area contributed by atoms with Gasteiger partial charge in [-0.25, -0.2) is 13.8 Å². The van der Waals surface area contributed by atoms with Gasteiger partial charge in [0.1, 0.15) is 12.7 Å². The number of alkyl halides is 1. The summed E-state index contributed by atoms with van der Waals surface area (Å²) in [5.41, 5.74) is 1.02. The molecule has 0 aliphatic rings. The van der Waals surface area contributed by atoms with Crippen LogP contribution in [0.2, 0.25) is 5.02 Å². The fraction of sp³-hybridized carbons (Fsp3) is 0.273. The molecule has 0 saturated carbocycles. The van der Waals surface area contributed by atoms with Crippen LogP contribution in [-0.2, 0) is 19.1 Å². The molecule has 1 aromatic heterocycles. The number of hydrogen-bond acceptors (Lipinski definition) is 5. The molecule has 1 unspecified atom stereocenters. The Morgan fingerprint density at radius 3 is 2.47 bits per heavy atom. The summed E-state index contributed by atoms with van der Waals surface area (Å²) in [6.07, 6.45) is -2.93. The van der Waals surface area contributed by atoms with Crippen molar-refractivity contribution in [3.05, 3.63) is 47.5 Å². The number of para-hydroxylation sites is 1. The third-order valence-corrected chi connectivity index (χ3v) is 5.18. The number of nitrogens with zero attached hydrogens (tertiary/aromatic N) is 1. The molecule has 2 atom stereocenters. The van der Waals surface area contributed by atoms with Crippen molar-refractivity contribution >= 4 is 57.2 Å². The van der Waals surface area contributed by atoms with Crippen LogP contribution >= 0.6 is 11.6 Å². The molecule has 3 rings (SSSR count). The van der Waals surface area contributed by atoms with Gasteiger partial charge < -0.3 is 15.2 Å². The van der Waals surface area contributed by atoms with Crippen molar-refractivity contribution in [2.75, 3.05) is 6.67 Å². The second kappa shape index (κ2) is 9.78. The summed E-state index contributed by atoms with van der Waals surface area (Å²) in [6.45, 7) is 0.139. The summed E-state index contributed by atoms with van der Waals surface area (Å²) in [5, 5.41) is 13.0. The van der Waals surface area contributed by atoms with E-state index >= 15 is 0 Å². The number of Topliss-reactive ketones (excluding diaryl/α,β-unsaturated/α-hetero) is 1. The minimum atomic E-state index is -1.57. The van der Waals surface area contributed by atoms with E-state index in [9.17, 15) is 23.6 Å². The smallest absolute Gasteiger partial charge is 0.419 e. The zero-order valence-electron chi connectivity index (χ0n) is 17.0. The van der Waals surface area contributed by atoms with Gasteiger partial charge in [0, 0.05) is 15.8 Å². The normalized spacial score (nSPS) is 13.0. The number of nitrogens with one attached hydrogen (secondary N) is 1. The Hall–Kier alpha value is -3.46. The van der Waals surface area contributed by atoms with E-state index in [1.807, 2.05) is 12.1 Å². The van der Waals surface area contributed by atoms with Crippen LogP contribution in [0.5, 0.6) is 0 Å². The van der Waals surface area contributed by atoms with E-state index in [1.54, 1.807) is 37.3 Å². The second-order valence-electron chi connectivity index (χ2n) is 7.05. The predicted molar refractivity (Wildman–Crippen MR) is 116 cm³/mol. The largest absolute Gasteiger partial charge is 0.481 e. The first-order valence-corrected chi connectivity index (χ1v) is 10.1. The average Bonchev–Trinajstić information content (AvgIpc) is 3.09. The molecule has 168 valence electrons. The number of hydrogen-bond donors (Lipinski definition) is 2. The third kappa shape index (κ3) is 4.72. The molecule has 0 saturated heterocycles. The number of ketones is 1. The molecule has 0 aliphatic heterocycles. The monoisotopic (exact) mass is 462 g/mol. The molecular weight excluding hydrogens is 443 g/mol. The molecular formula is C22H20ClFN2O6. The van der Waals surface area contributed by atoms with Crippen molar-refractivity contribution in [3.8, 4) is 0 Å². The number of benzene rings is 2. The summed E-state index contributed by atoms with van der Waals surface area (Å²) in [7, 11) is 0. The summed E-state index contributed by atoms with van der Waals surface area (Å²) in [4.78, 5) is 48.2. The van der Waals surface area contributed by atoms with Crippen LogP contribution in [0, 0.1) is 0 Å². The quantitative estimate of drug-likeness (QED) is 0.527. The minimum absolute atomic E-state index is 0.0407. The standard InChI is InChI=1S/C22H20ClFN2O6/c1-2-19(21(30)25-15(10-20(28)29)18(27)11-24)32-22(31)26-16-6-4-3-5-13(16)14-8-7-12(23)9-17(14)26/h3-9,15,19H,2,10-11H2,1H3,(H,25,30)(H,28,29)/t15?,19-/m0/s1. The van der Waals surface area contributed by atoms with E-state index in [1.165, 1.54) is 4.57 Å². The van der Waals surface area contributed by atoms with E-state index in [2.05, 4.69) is 5.32 Å². The van der Waals surface area contributed by atoms with Crippen LogP contribution in [0.4, 0.5) is 9.18 Å². The van der Waals surface area contributed by atoms with E-state index in [0.717, 1.165) is 10.8 Å². The number of halogens is 2. The Bertz CT molecular complexity index is 1210. The molecule has 0 aliphatic carbocycles. The van der Waals surface area contributed by atoms with Crippen molar-refractivity contribution < 1.29 is 33.4 Å². The average molecular weight is 463 g/mol. The zero-order chi connectivity index (χ0) is 23.4. The molecule has 1 heterocycles. The highest BCUT2D eigenvalue weighted by Crippen LogP contribution is 2.31. The van der Waals surface area contributed by atoms with Crippen molar-refractivity contribution in [2.24, 2.45) is 0 Å². The fourth-order valence-electron chi connectivity index (χ4n) is 3.41. The highest BCUT2D eigenvalue weighted by molar-refractivity contribution is 6.31. The molecule has 32 heavy (non-hydrogen) atoms. The van der Waals surface area contributed by atoms with Gasteiger partial charge in [-0.1, -0.05) is 42.8 Å². The van der Waals surface area contributed by atoms with Gasteiger partial charge in [0.15, 0.2) is 11.9 Å². The van der Waals surface area contributed by atoms with Gasteiger partial charge >= 0.3 is 12.1 Å². The van der Waals surface area contributed by atoms with Crippen molar-refractivity contribution in [1.29, 1.82) is 0 Å². The summed E-state index contributed by atoms with van der Waals surface area (Å²) >= 11 is 6.11. The molecule has 2 aromatic carbocycles. The molecule has 10 heteroatoms. The van der Waals surface area contributed by atoms with Crippen LogP contribution in [0.3, 0.4) is 0 Å². The van der Waals surface area contributed by atoms with E-state index in [0.29, 0.717) is 16.1 Å². The highest BCUT2D eigenvalue weighted by atomic mass is 35.5. The van der Waals surface area contributed by atoms with Gasteiger partial charge in [-0.15, -0.1) is 0 Å². The van der Waals surface area contributed by atoms with E-state index in [-0.39, 0.29) is 6.42 Å². The molecule has 3 aromatic rings. The number of carbonyl (C=O) groups excluding carboxylic acids is 3. The van der Waals surface area contributed by atoms with Crippen LogP contribution in [0.1, 0.15) is 19.8 Å². The molecule has 2 N–H and O–H groups in total. The number of carboxylic acids is 1. The topological polar surface area (TPSA) is 115 Å². The maximum Gasteiger partial charge on any atom is 0.419 e. The van der Waals surface area contributed by atoms with Gasteiger partial charge in [-0.2, -0.15) is 0 Å². The number of carboxylic acid groups (broad SMARTS) is 1. The summed E-state index contributed by atoms with van der Waals surface area (Å²) in [5.74, 6) is -3.36. The van der Waals surface area contributed by atoms with Crippen LogP contribution < -0.4 is 5.32 Å². The van der Waals surface area contributed by atoms with Crippen molar-refractivity contribution in [3.63, 3.8) is 0 Å². The fourth-order valence-corrected chi connectivity index (χ4v) is 3.58. The number of amides is 1. The predicted octanol–water partition coefficient (Wildman–Crippen LogP) is 3.71. The Kier molecular flexibility index (Phi) is 7.09. The lowest BCUT2D eigenvalue weighted by Gasteiger charge is -2.20. The van der Waals surface area contributed by atoms with E-state index < -0.39 is 49.0 Å². The molecule has 0 fully saturated rings. The van der Waals surface area contributed by atoms with Crippen LogP contribution in [0.15, 0.2) is 42.5 Å². The Labute approximate surface area is 186 Å². The summed E-state index contributed by atoms with van der Waals surface area (Å²) < 4.78 is 19.4.